The van der Waals surface area contributed by atoms with Crippen LogP contribution in [0.1, 0.15) is 23.9 Å². The summed E-state index contributed by atoms with van der Waals surface area (Å²) < 4.78 is 46.9. The number of rotatable bonds is 7. The van der Waals surface area contributed by atoms with Crippen LogP contribution in [0.15, 0.2) is 39.6 Å². The van der Waals surface area contributed by atoms with Crippen molar-refractivity contribution in [3.63, 3.8) is 0 Å². The van der Waals surface area contributed by atoms with E-state index in [0.29, 0.717) is 6.07 Å². The number of halogens is 4. The van der Waals surface area contributed by atoms with E-state index in [0.717, 1.165) is 23.9 Å². The minimum Gasteiger partial charge on any atom is -0.406 e. The molecule has 0 aliphatic carbocycles. The first kappa shape index (κ1) is 23.4. The molecule has 3 rings (SSSR count). The van der Waals surface area contributed by atoms with E-state index in [1.165, 1.54) is 24.0 Å². The molecular formula is C20H15ClF3N5O2S. The zero-order valence-corrected chi connectivity index (χ0v) is 18.1. The Hall–Kier alpha value is -3.23. The number of anilines is 1. The molecule has 7 nitrogen and oxygen atoms in total. The minimum absolute atomic E-state index is 0.0111. The lowest BCUT2D eigenvalue weighted by Gasteiger charge is -2.25. The second-order valence-corrected chi connectivity index (χ2v) is 8.37. The van der Waals surface area contributed by atoms with E-state index in [1.54, 1.807) is 0 Å². The summed E-state index contributed by atoms with van der Waals surface area (Å²) in [5, 5.41) is 15.0. The SMILES string of the molecule is C[C@@H](Sc1cc(F)cc(F)c1Cl)C(=O)N(Cc1nnc(N)o1)Cc1ccc(C#N)cc1F. The third-order valence-electron chi connectivity index (χ3n) is 4.27. The lowest BCUT2D eigenvalue weighted by molar-refractivity contribution is -0.131. The van der Waals surface area contributed by atoms with Crippen LogP contribution in [0.5, 0.6) is 0 Å². The first-order valence-corrected chi connectivity index (χ1v) is 10.3. The van der Waals surface area contributed by atoms with Crippen molar-refractivity contribution in [2.24, 2.45) is 0 Å². The van der Waals surface area contributed by atoms with Gasteiger partial charge >= 0.3 is 6.01 Å². The number of nitrogens with two attached hydrogens (primary N) is 1. The van der Waals surface area contributed by atoms with Crippen molar-refractivity contribution in [2.75, 3.05) is 5.73 Å². The summed E-state index contributed by atoms with van der Waals surface area (Å²) in [5.41, 5.74) is 5.68. The number of carbonyl (C=O) groups is 1. The Balaban J connectivity index is 1.86. The molecule has 2 N–H and O–H groups in total. The Bertz CT molecular complexity index is 1200. The molecule has 0 saturated heterocycles. The highest BCUT2D eigenvalue weighted by atomic mass is 35.5. The molecule has 0 spiro atoms. The van der Waals surface area contributed by atoms with Gasteiger partial charge in [0.15, 0.2) is 0 Å². The van der Waals surface area contributed by atoms with E-state index >= 15 is 0 Å². The number of hydrogen-bond acceptors (Lipinski definition) is 7. The molecule has 3 aromatic rings. The number of amides is 1. The smallest absolute Gasteiger partial charge is 0.312 e. The van der Waals surface area contributed by atoms with Gasteiger partial charge in [-0.2, -0.15) is 5.26 Å². The molecule has 166 valence electrons. The molecule has 2 aromatic carbocycles. The van der Waals surface area contributed by atoms with Gasteiger partial charge in [0, 0.05) is 23.1 Å². The molecule has 0 bridgehead atoms. The molecule has 0 radical (unpaired) electrons. The highest BCUT2D eigenvalue weighted by Gasteiger charge is 2.26. The summed E-state index contributed by atoms with van der Waals surface area (Å²) >= 11 is 6.73. The summed E-state index contributed by atoms with van der Waals surface area (Å²) in [6.07, 6.45) is 0. The molecule has 1 aromatic heterocycles. The molecule has 32 heavy (non-hydrogen) atoms. The largest absolute Gasteiger partial charge is 0.406 e. The molecule has 0 unspecified atom stereocenters. The van der Waals surface area contributed by atoms with Crippen LogP contribution in [0.2, 0.25) is 5.02 Å². The summed E-state index contributed by atoms with van der Waals surface area (Å²) in [4.78, 5) is 14.4. The predicted octanol–water partition coefficient (Wildman–Crippen LogP) is 4.30. The quantitative estimate of drug-likeness (QED) is 0.395. The second-order valence-electron chi connectivity index (χ2n) is 6.61. The number of nitriles is 1. The van der Waals surface area contributed by atoms with E-state index in [4.69, 9.17) is 27.0 Å². The molecule has 1 amide bonds. The Kier molecular flexibility index (Phi) is 7.27. The van der Waals surface area contributed by atoms with Crippen LogP contribution in [0.25, 0.3) is 0 Å². The number of thioether (sulfide) groups is 1. The van der Waals surface area contributed by atoms with Gasteiger partial charge in [0.25, 0.3) is 0 Å². The summed E-state index contributed by atoms with van der Waals surface area (Å²) in [7, 11) is 0. The topological polar surface area (TPSA) is 109 Å². The third-order valence-corrected chi connectivity index (χ3v) is 5.90. The first-order valence-electron chi connectivity index (χ1n) is 9.04. The third kappa shape index (κ3) is 5.52. The van der Waals surface area contributed by atoms with Crippen LogP contribution in [0, 0.1) is 28.8 Å². The average Bonchev–Trinajstić information content (AvgIpc) is 3.16. The molecule has 1 atom stereocenters. The monoisotopic (exact) mass is 481 g/mol. The summed E-state index contributed by atoms with van der Waals surface area (Å²) in [6.45, 7) is 1.11. The van der Waals surface area contributed by atoms with Crippen LogP contribution in [0.3, 0.4) is 0 Å². The molecule has 0 aliphatic heterocycles. The Labute approximate surface area is 190 Å². The van der Waals surface area contributed by atoms with Gasteiger partial charge in [-0.3, -0.25) is 4.79 Å². The fourth-order valence-corrected chi connectivity index (χ4v) is 4.03. The molecule has 0 aliphatic rings. The van der Waals surface area contributed by atoms with E-state index in [-0.39, 0.29) is 46.0 Å². The highest BCUT2D eigenvalue weighted by Crippen LogP contribution is 2.34. The van der Waals surface area contributed by atoms with Crippen LogP contribution < -0.4 is 5.73 Å². The van der Waals surface area contributed by atoms with Crippen molar-refractivity contribution in [1.82, 2.24) is 15.1 Å². The van der Waals surface area contributed by atoms with Crippen LogP contribution in [-0.2, 0) is 17.9 Å². The van der Waals surface area contributed by atoms with Gasteiger partial charge in [0.1, 0.15) is 17.5 Å². The number of carbonyl (C=O) groups excluding carboxylic acids is 1. The molecule has 0 saturated carbocycles. The van der Waals surface area contributed by atoms with Crippen molar-refractivity contribution < 1.29 is 22.4 Å². The first-order chi connectivity index (χ1) is 15.2. The lowest BCUT2D eigenvalue weighted by Crippen LogP contribution is -2.36. The fraction of sp³-hybridized carbons (Fsp3) is 0.200. The zero-order valence-electron chi connectivity index (χ0n) is 16.5. The maximum absolute atomic E-state index is 14.4. The van der Waals surface area contributed by atoms with Crippen molar-refractivity contribution in [3.05, 3.63) is 69.8 Å². The van der Waals surface area contributed by atoms with Crippen LogP contribution >= 0.6 is 23.4 Å². The normalized spacial score (nSPS) is 11.8. The predicted molar refractivity (Wildman–Crippen MR) is 111 cm³/mol. The lowest BCUT2D eigenvalue weighted by atomic mass is 10.1. The average molecular weight is 482 g/mol. The van der Waals surface area contributed by atoms with E-state index < -0.39 is 28.6 Å². The van der Waals surface area contributed by atoms with Gasteiger partial charge in [-0.25, -0.2) is 13.2 Å². The van der Waals surface area contributed by atoms with Crippen molar-refractivity contribution in [1.29, 1.82) is 5.26 Å². The molecule has 0 fully saturated rings. The molecule has 12 heteroatoms. The highest BCUT2D eigenvalue weighted by molar-refractivity contribution is 8.00. The Morgan fingerprint density at radius 2 is 2.00 bits per heavy atom. The summed E-state index contributed by atoms with van der Waals surface area (Å²) in [5.74, 6) is -2.98. The number of hydrogen-bond donors (Lipinski definition) is 1. The molecule has 1 heterocycles. The van der Waals surface area contributed by atoms with E-state index in [9.17, 15) is 18.0 Å². The fourth-order valence-electron chi connectivity index (χ4n) is 2.77. The van der Waals surface area contributed by atoms with Gasteiger partial charge in [0.05, 0.1) is 28.5 Å². The van der Waals surface area contributed by atoms with Crippen molar-refractivity contribution >= 4 is 35.3 Å². The van der Waals surface area contributed by atoms with E-state index in [2.05, 4.69) is 10.2 Å². The minimum atomic E-state index is -0.952. The van der Waals surface area contributed by atoms with Gasteiger partial charge in [0.2, 0.25) is 11.8 Å². The van der Waals surface area contributed by atoms with Crippen molar-refractivity contribution in [2.45, 2.75) is 30.2 Å². The van der Waals surface area contributed by atoms with Gasteiger partial charge in [-0.05, 0) is 25.1 Å². The Morgan fingerprint density at radius 1 is 1.25 bits per heavy atom. The Morgan fingerprint density at radius 3 is 2.62 bits per heavy atom. The number of benzene rings is 2. The zero-order chi connectivity index (χ0) is 23.4. The number of aromatic nitrogens is 2. The van der Waals surface area contributed by atoms with Gasteiger partial charge < -0.3 is 15.1 Å². The van der Waals surface area contributed by atoms with Crippen LogP contribution in [0.4, 0.5) is 19.2 Å². The summed E-state index contributed by atoms with van der Waals surface area (Å²) in [6, 6.07) is 7.13. The van der Waals surface area contributed by atoms with Crippen molar-refractivity contribution in [3.8, 4) is 6.07 Å². The van der Waals surface area contributed by atoms with E-state index in [1.807, 2.05) is 6.07 Å². The standard InChI is InChI=1S/C20H15ClF3N5O2S/c1-10(32-16-6-13(22)5-15(24)18(16)21)19(30)29(9-17-27-28-20(26)31-17)8-12-3-2-11(7-25)4-14(12)23/h2-6,10H,8-9H2,1H3,(H2,26,28)/t10-/m1/s1. The molecular weight excluding hydrogens is 467 g/mol. The maximum atomic E-state index is 14.4. The van der Waals surface area contributed by atoms with Crippen LogP contribution in [-0.4, -0.2) is 26.3 Å². The second kappa shape index (κ2) is 9.93. The number of nitrogen functional groups attached to an aromatic ring is 1. The maximum Gasteiger partial charge on any atom is 0.312 e. The number of nitrogens with zero attached hydrogens (tertiary/aromatic N) is 4. The van der Waals surface area contributed by atoms with Gasteiger partial charge in [-0.15, -0.1) is 16.9 Å². The van der Waals surface area contributed by atoms with Gasteiger partial charge in [-0.1, -0.05) is 22.8 Å².